The third-order valence-electron chi connectivity index (χ3n) is 3.94. The zero-order valence-electron chi connectivity index (χ0n) is 13.1. The number of hydrogen-bond acceptors (Lipinski definition) is 3. The minimum Gasteiger partial charge on any atom is -0.496 e. The molecule has 2 aromatic rings. The number of anilines is 2. The van der Waals surface area contributed by atoms with Gasteiger partial charge in [-0.15, -0.1) is 0 Å². The lowest BCUT2D eigenvalue weighted by molar-refractivity contribution is -0.119. The SMILES string of the molecule is COc1ccccc1C(=O)N1C[C@H](C)C(=O)Nc2ccccc21. The maximum absolute atomic E-state index is 13.1. The molecule has 1 aliphatic rings. The van der Waals surface area contributed by atoms with Crippen LogP contribution in [0.3, 0.4) is 0 Å². The van der Waals surface area contributed by atoms with Crippen molar-refractivity contribution in [2.75, 3.05) is 23.9 Å². The summed E-state index contributed by atoms with van der Waals surface area (Å²) in [5.74, 6) is -0.0572. The van der Waals surface area contributed by atoms with Crippen molar-refractivity contribution in [1.82, 2.24) is 0 Å². The Bertz CT molecular complexity index is 757. The molecule has 0 aromatic heterocycles. The average Bonchev–Trinajstić information content (AvgIpc) is 2.71. The molecule has 0 radical (unpaired) electrons. The number of carbonyl (C=O) groups excluding carboxylic acids is 2. The highest BCUT2D eigenvalue weighted by molar-refractivity contribution is 6.12. The maximum Gasteiger partial charge on any atom is 0.262 e. The third-order valence-corrected chi connectivity index (χ3v) is 3.94. The Morgan fingerprint density at radius 1 is 1.17 bits per heavy atom. The quantitative estimate of drug-likeness (QED) is 0.928. The highest BCUT2D eigenvalue weighted by Gasteiger charge is 2.30. The van der Waals surface area contributed by atoms with Crippen molar-refractivity contribution in [1.29, 1.82) is 0 Å². The van der Waals surface area contributed by atoms with Crippen LogP contribution in [0.25, 0.3) is 0 Å². The van der Waals surface area contributed by atoms with Gasteiger partial charge < -0.3 is 15.0 Å². The van der Waals surface area contributed by atoms with Gasteiger partial charge in [0.15, 0.2) is 0 Å². The zero-order chi connectivity index (χ0) is 16.4. The van der Waals surface area contributed by atoms with Gasteiger partial charge in [0, 0.05) is 6.54 Å². The lowest BCUT2D eigenvalue weighted by Crippen LogP contribution is -2.36. The minimum absolute atomic E-state index is 0.0900. The van der Waals surface area contributed by atoms with Crippen LogP contribution in [0, 0.1) is 5.92 Å². The highest BCUT2D eigenvalue weighted by Crippen LogP contribution is 2.32. The van der Waals surface area contributed by atoms with Crippen LogP contribution >= 0.6 is 0 Å². The molecular formula is C18H18N2O3. The van der Waals surface area contributed by atoms with Crippen LogP contribution in [-0.4, -0.2) is 25.5 Å². The van der Waals surface area contributed by atoms with Crippen molar-refractivity contribution < 1.29 is 14.3 Å². The summed E-state index contributed by atoms with van der Waals surface area (Å²) >= 11 is 0. The molecule has 0 unspecified atom stereocenters. The van der Waals surface area contributed by atoms with E-state index in [1.165, 1.54) is 7.11 Å². The molecule has 1 heterocycles. The fourth-order valence-corrected chi connectivity index (χ4v) is 2.68. The van der Waals surface area contributed by atoms with Crippen molar-refractivity contribution in [2.45, 2.75) is 6.92 Å². The van der Waals surface area contributed by atoms with E-state index in [0.717, 1.165) is 0 Å². The average molecular weight is 310 g/mol. The number of hydrogen-bond donors (Lipinski definition) is 1. The van der Waals surface area contributed by atoms with E-state index in [9.17, 15) is 9.59 Å². The molecule has 1 atom stereocenters. The lowest BCUT2D eigenvalue weighted by Gasteiger charge is -2.24. The van der Waals surface area contributed by atoms with Crippen molar-refractivity contribution in [3.05, 3.63) is 54.1 Å². The number of nitrogens with zero attached hydrogens (tertiary/aromatic N) is 1. The molecule has 2 aromatic carbocycles. The molecule has 0 aliphatic carbocycles. The van der Waals surface area contributed by atoms with E-state index in [1.54, 1.807) is 29.2 Å². The highest BCUT2D eigenvalue weighted by atomic mass is 16.5. The molecule has 23 heavy (non-hydrogen) atoms. The largest absolute Gasteiger partial charge is 0.496 e. The van der Waals surface area contributed by atoms with E-state index in [4.69, 9.17) is 4.74 Å². The van der Waals surface area contributed by atoms with Gasteiger partial charge in [-0.05, 0) is 24.3 Å². The molecule has 0 spiro atoms. The van der Waals surface area contributed by atoms with Crippen LogP contribution < -0.4 is 15.0 Å². The molecule has 1 aliphatic heterocycles. The molecule has 0 fully saturated rings. The summed E-state index contributed by atoms with van der Waals surface area (Å²) in [4.78, 5) is 26.8. The third kappa shape index (κ3) is 2.77. The second kappa shape index (κ2) is 6.12. The number of carbonyl (C=O) groups is 2. The van der Waals surface area contributed by atoms with E-state index in [0.29, 0.717) is 29.2 Å². The van der Waals surface area contributed by atoms with Crippen LogP contribution in [0.4, 0.5) is 11.4 Å². The van der Waals surface area contributed by atoms with E-state index >= 15 is 0 Å². The van der Waals surface area contributed by atoms with E-state index in [1.807, 2.05) is 31.2 Å². The summed E-state index contributed by atoms with van der Waals surface area (Å²) in [5, 5.41) is 2.87. The summed E-state index contributed by atoms with van der Waals surface area (Å²) in [6, 6.07) is 14.4. The first-order valence-electron chi connectivity index (χ1n) is 7.46. The second-order valence-corrected chi connectivity index (χ2v) is 5.52. The van der Waals surface area contributed by atoms with Gasteiger partial charge in [-0.1, -0.05) is 31.2 Å². The number of fused-ring (bicyclic) bond motifs is 1. The number of ether oxygens (including phenoxy) is 1. The van der Waals surface area contributed by atoms with Gasteiger partial charge >= 0.3 is 0 Å². The predicted octanol–water partition coefficient (Wildman–Crippen LogP) is 2.93. The van der Waals surface area contributed by atoms with Crippen LogP contribution in [0.15, 0.2) is 48.5 Å². The maximum atomic E-state index is 13.1. The Kier molecular flexibility index (Phi) is 4.02. The number of nitrogens with one attached hydrogen (secondary N) is 1. The van der Waals surface area contributed by atoms with Gasteiger partial charge in [-0.2, -0.15) is 0 Å². The second-order valence-electron chi connectivity index (χ2n) is 5.52. The van der Waals surface area contributed by atoms with Gasteiger partial charge in [-0.25, -0.2) is 0 Å². The Labute approximate surface area is 134 Å². The first-order valence-corrected chi connectivity index (χ1v) is 7.46. The Balaban J connectivity index is 2.07. The van der Waals surface area contributed by atoms with Crippen LogP contribution in [0.1, 0.15) is 17.3 Å². The number of rotatable bonds is 2. The molecule has 118 valence electrons. The van der Waals surface area contributed by atoms with Crippen molar-refractivity contribution in [2.24, 2.45) is 5.92 Å². The Morgan fingerprint density at radius 3 is 2.65 bits per heavy atom. The van der Waals surface area contributed by atoms with Crippen molar-refractivity contribution in [3.8, 4) is 5.75 Å². The van der Waals surface area contributed by atoms with E-state index in [-0.39, 0.29) is 17.7 Å². The molecule has 5 heteroatoms. The van der Waals surface area contributed by atoms with Gasteiger partial charge in [-0.3, -0.25) is 9.59 Å². The Morgan fingerprint density at radius 2 is 1.87 bits per heavy atom. The van der Waals surface area contributed by atoms with Gasteiger partial charge in [0.1, 0.15) is 5.75 Å². The molecule has 0 saturated carbocycles. The van der Waals surface area contributed by atoms with Crippen molar-refractivity contribution >= 4 is 23.2 Å². The van der Waals surface area contributed by atoms with Crippen LogP contribution in [0.5, 0.6) is 5.75 Å². The molecule has 2 amide bonds. The van der Waals surface area contributed by atoms with E-state index < -0.39 is 0 Å². The summed E-state index contributed by atoms with van der Waals surface area (Å²) < 4.78 is 5.29. The first kappa shape index (κ1) is 15.1. The fourth-order valence-electron chi connectivity index (χ4n) is 2.68. The Hall–Kier alpha value is -2.82. The topological polar surface area (TPSA) is 58.6 Å². The van der Waals surface area contributed by atoms with Gasteiger partial charge in [0.25, 0.3) is 5.91 Å². The summed E-state index contributed by atoms with van der Waals surface area (Å²) in [5.41, 5.74) is 1.82. The lowest BCUT2D eigenvalue weighted by atomic mass is 10.1. The number of benzene rings is 2. The minimum atomic E-state index is -0.305. The van der Waals surface area contributed by atoms with Gasteiger partial charge in [0.05, 0.1) is 30.0 Å². The summed E-state index contributed by atoms with van der Waals surface area (Å²) in [6.07, 6.45) is 0. The van der Waals surface area contributed by atoms with Gasteiger partial charge in [0.2, 0.25) is 5.91 Å². The monoisotopic (exact) mass is 310 g/mol. The first-order chi connectivity index (χ1) is 11.1. The van der Waals surface area contributed by atoms with Crippen LogP contribution in [-0.2, 0) is 4.79 Å². The molecule has 0 saturated heterocycles. The molecule has 5 nitrogen and oxygen atoms in total. The number of para-hydroxylation sites is 3. The van der Waals surface area contributed by atoms with E-state index in [2.05, 4.69) is 5.32 Å². The number of amides is 2. The smallest absolute Gasteiger partial charge is 0.262 e. The summed E-state index contributed by atoms with van der Waals surface area (Å²) in [7, 11) is 1.54. The molecular weight excluding hydrogens is 292 g/mol. The summed E-state index contributed by atoms with van der Waals surface area (Å²) in [6.45, 7) is 2.13. The number of methoxy groups -OCH3 is 1. The van der Waals surface area contributed by atoms with Crippen molar-refractivity contribution in [3.63, 3.8) is 0 Å². The molecule has 0 bridgehead atoms. The fraction of sp³-hybridized carbons (Fsp3) is 0.222. The zero-order valence-corrected chi connectivity index (χ0v) is 13.1. The molecule has 1 N–H and O–H groups in total. The van der Waals surface area contributed by atoms with Crippen LogP contribution in [0.2, 0.25) is 0 Å². The standard InChI is InChI=1S/C18H18N2O3/c1-12-11-20(15-9-5-4-8-14(15)19-17(12)21)18(22)13-7-3-6-10-16(13)23-2/h3-10,12H,11H2,1-2H3,(H,19,21)/t12-/m0/s1. The normalized spacial score (nSPS) is 17.0. The molecule has 3 rings (SSSR count). The predicted molar refractivity (Wildman–Crippen MR) is 88.9 cm³/mol.